The topological polar surface area (TPSA) is 48.9 Å². The number of rotatable bonds is 8. The number of hydrogen-bond donors (Lipinski definition) is 2. The van der Waals surface area contributed by atoms with Crippen LogP contribution in [0.25, 0.3) is 0 Å². The Hall–Kier alpha value is -1.02. The zero-order valence-corrected chi connectivity index (χ0v) is 17.5. The van der Waals surface area contributed by atoms with Crippen LogP contribution in [0.2, 0.25) is 0 Å². The molecule has 1 unspecified atom stereocenters. The minimum atomic E-state index is 0. The lowest BCUT2D eigenvalue weighted by atomic mass is 10.2. The van der Waals surface area contributed by atoms with Crippen LogP contribution in [0.15, 0.2) is 29.3 Å². The highest BCUT2D eigenvalue weighted by atomic mass is 127. The first kappa shape index (κ1) is 21.0. The Morgan fingerprint density at radius 1 is 1.29 bits per heavy atom. The van der Waals surface area contributed by atoms with Gasteiger partial charge >= 0.3 is 0 Å². The Bertz CT molecular complexity index is 502. The summed E-state index contributed by atoms with van der Waals surface area (Å²) in [4.78, 5) is 6.70. The molecular weight excluding hydrogens is 415 g/mol. The van der Waals surface area contributed by atoms with Gasteiger partial charge in [-0.05, 0) is 45.9 Å². The molecular formula is C18H31IN4O. The second kappa shape index (κ2) is 10.8. The van der Waals surface area contributed by atoms with Crippen molar-refractivity contribution in [2.24, 2.45) is 4.99 Å². The minimum absolute atomic E-state index is 0. The number of aliphatic imine (C=N–C) groups is 1. The van der Waals surface area contributed by atoms with Crippen molar-refractivity contribution in [3.8, 4) is 5.75 Å². The third-order valence-corrected chi connectivity index (χ3v) is 4.29. The molecule has 0 aromatic heterocycles. The quantitative estimate of drug-likeness (QED) is 0.279. The van der Waals surface area contributed by atoms with Gasteiger partial charge in [0.25, 0.3) is 0 Å². The Morgan fingerprint density at radius 3 is 2.54 bits per heavy atom. The highest BCUT2D eigenvalue weighted by Crippen LogP contribution is 2.26. The lowest BCUT2D eigenvalue weighted by Gasteiger charge is -2.25. The smallest absolute Gasteiger partial charge is 0.191 e. The van der Waals surface area contributed by atoms with Crippen LogP contribution in [-0.2, 0) is 0 Å². The summed E-state index contributed by atoms with van der Waals surface area (Å²) < 4.78 is 5.71. The molecule has 1 aliphatic rings. The average Bonchev–Trinajstić information content (AvgIpc) is 3.39. The molecule has 1 aromatic rings. The van der Waals surface area contributed by atoms with Gasteiger partial charge in [-0.1, -0.05) is 17.7 Å². The molecule has 0 heterocycles. The van der Waals surface area contributed by atoms with Crippen molar-refractivity contribution in [1.82, 2.24) is 15.5 Å². The number of aryl methyl sites for hydroxylation is 1. The SMILES string of the molecule is CN=C(NCCOc1ccc(C)cc1)NCC(C)N(C)C1CC1.I. The normalized spacial score (nSPS) is 15.6. The van der Waals surface area contributed by atoms with E-state index in [-0.39, 0.29) is 24.0 Å². The van der Waals surface area contributed by atoms with Gasteiger partial charge in [0.1, 0.15) is 12.4 Å². The highest BCUT2D eigenvalue weighted by Gasteiger charge is 2.28. The number of guanidine groups is 1. The van der Waals surface area contributed by atoms with Crippen LogP contribution in [0.1, 0.15) is 25.3 Å². The number of benzene rings is 1. The van der Waals surface area contributed by atoms with Crippen LogP contribution in [-0.4, -0.2) is 56.7 Å². The fourth-order valence-electron chi connectivity index (χ4n) is 2.42. The molecule has 1 aromatic carbocycles. The van der Waals surface area contributed by atoms with Crippen molar-refractivity contribution in [3.63, 3.8) is 0 Å². The van der Waals surface area contributed by atoms with Gasteiger partial charge in [0.05, 0.1) is 6.54 Å². The van der Waals surface area contributed by atoms with Crippen molar-refractivity contribution in [2.45, 2.75) is 38.8 Å². The first-order valence-corrected chi connectivity index (χ1v) is 8.46. The number of likely N-dealkylation sites (N-methyl/N-ethyl adjacent to an activating group) is 1. The molecule has 1 aliphatic carbocycles. The monoisotopic (exact) mass is 446 g/mol. The summed E-state index contributed by atoms with van der Waals surface area (Å²) in [5, 5.41) is 6.67. The van der Waals surface area contributed by atoms with E-state index >= 15 is 0 Å². The van der Waals surface area contributed by atoms with E-state index in [0.717, 1.165) is 30.8 Å². The van der Waals surface area contributed by atoms with Crippen molar-refractivity contribution in [2.75, 3.05) is 33.8 Å². The Kier molecular flexibility index (Phi) is 9.43. The van der Waals surface area contributed by atoms with Gasteiger partial charge in [-0.2, -0.15) is 0 Å². The summed E-state index contributed by atoms with van der Waals surface area (Å²) in [5.74, 6) is 1.73. The number of ether oxygens (including phenoxy) is 1. The second-order valence-electron chi connectivity index (χ2n) is 6.29. The van der Waals surface area contributed by atoms with Crippen LogP contribution in [0.5, 0.6) is 5.75 Å². The van der Waals surface area contributed by atoms with Gasteiger partial charge in [-0.25, -0.2) is 0 Å². The van der Waals surface area contributed by atoms with E-state index in [0.29, 0.717) is 12.6 Å². The van der Waals surface area contributed by atoms with E-state index < -0.39 is 0 Å². The molecule has 0 radical (unpaired) electrons. The van der Waals surface area contributed by atoms with Crippen LogP contribution >= 0.6 is 24.0 Å². The first-order chi connectivity index (χ1) is 11.1. The zero-order valence-electron chi connectivity index (χ0n) is 15.2. The van der Waals surface area contributed by atoms with Crippen LogP contribution in [0, 0.1) is 6.92 Å². The third kappa shape index (κ3) is 7.25. The maximum absolute atomic E-state index is 5.71. The molecule has 1 fully saturated rings. The highest BCUT2D eigenvalue weighted by molar-refractivity contribution is 14.0. The summed E-state index contributed by atoms with van der Waals surface area (Å²) in [6.45, 7) is 6.55. The maximum atomic E-state index is 5.71. The van der Waals surface area contributed by atoms with Crippen LogP contribution < -0.4 is 15.4 Å². The van der Waals surface area contributed by atoms with E-state index in [1.165, 1.54) is 18.4 Å². The predicted molar refractivity (Wildman–Crippen MR) is 112 cm³/mol. The maximum Gasteiger partial charge on any atom is 0.191 e. The fourth-order valence-corrected chi connectivity index (χ4v) is 2.42. The molecule has 0 saturated heterocycles. The summed E-state index contributed by atoms with van der Waals surface area (Å²) in [6.07, 6.45) is 2.67. The molecule has 1 saturated carbocycles. The number of nitrogens with one attached hydrogen (secondary N) is 2. The molecule has 0 aliphatic heterocycles. The Morgan fingerprint density at radius 2 is 1.96 bits per heavy atom. The predicted octanol–water partition coefficient (Wildman–Crippen LogP) is 2.64. The van der Waals surface area contributed by atoms with E-state index in [4.69, 9.17) is 4.74 Å². The summed E-state index contributed by atoms with van der Waals surface area (Å²) in [7, 11) is 4.00. The van der Waals surface area contributed by atoms with E-state index in [9.17, 15) is 0 Å². The van der Waals surface area contributed by atoms with Gasteiger partial charge in [0.15, 0.2) is 5.96 Å². The summed E-state index contributed by atoms with van der Waals surface area (Å²) in [5.41, 5.74) is 1.24. The molecule has 0 spiro atoms. The largest absolute Gasteiger partial charge is 0.492 e. The molecule has 0 amide bonds. The molecule has 6 heteroatoms. The fraction of sp³-hybridized carbons (Fsp3) is 0.611. The number of nitrogens with zero attached hydrogens (tertiary/aromatic N) is 2. The standard InChI is InChI=1S/C18H30N4O.HI/c1-14-5-9-17(10-6-14)23-12-11-20-18(19-3)21-13-15(2)22(4)16-7-8-16;/h5-6,9-10,15-16H,7-8,11-13H2,1-4H3,(H2,19,20,21);1H. The summed E-state index contributed by atoms with van der Waals surface area (Å²) >= 11 is 0. The van der Waals surface area contributed by atoms with Crippen LogP contribution in [0.3, 0.4) is 0 Å². The zero-order chi connectivity index (χ0) is 16.7. The van der Waals surface area contributed by atoms with Gasteiger partial charge in [0, 0.05) is 25.7 Å². The molecule has 24 heavy (non-hydrogen) atoms. The van der Waals surface area contributed by atoms with E-state index in [2.05, 4.69) is 53.6 Å². The van der Waals surface area contributed by atoms with Gasteiger partial charge < -0.3 is 15.4 Å². The van der Waals surface area contributed by atoms with Crippen molar-refractivity contribution in [3.05, 3.63) is 29.8 Å². The molecule has 5 nitrogen and oxygen atoms in total. The second-order valence-corrected chi connectivity index (χ2v) is 6.29. The third-order valence-electron chi connectivity index (χ3n) is 4.29. The Balaban J connectivity index is 0.00000288. The Labute approximate surface area is 163 Å². The van der Waals surface area contributed by atoms with E-state index in [1.54, 1.807) is 7.05 Å². The number of halogens is 1. The molecule has 0 bridgehead atoms. The minimum Gasteiger partial charge on any atom is -0.492 e. The lowest BCUT2D eigenvalue weighted by Crippen LogP contribution is -2.46. The van der Waals surface area contributed by atoms with E-state index in [1.807, 2.05) is 12.1 Å². The van der Waals surface area contributed by atoms with Crippen molar-refractivity contribution < 1.29 is 4.74 Å². The average molecular weight is 446 g/mol. The van der Waals surface area contributed by atoms with Crippen molar-refractivity contribution in [1.29, 1.82) is 0 Å². The van der Waals surface area contributed by atoms with Gasteiger partial charge in [0.2, 0.25) is 0 Å². The first-order valence-electron chi connectivity index (χ1n) is 8.46. The van der Waals surface area contributed by atoms with Gasteiger partial charge in [-0.3, -0.25) is 9.89 Å². The lowest BCUT2D eigenvalue weighted by molar-refractivity contribution is 0.247. The van der Waals surface area contributed by atoms with Crippen molar-refractivity contribution >= 4 is 29.9 Å². The number of hydrogen-bond acceptors (Lipinski definition) is 3. The van der Waals surface area contributed by atoms with Gasteiger partial charge in [-0.15, -0.1) is 24.0 Å². The summed E-state index contributed by atoms with van der Waals surface area (Å²) in [6, 6.07) is 9.40. The molecule has 2 rings (SSSR count). The van der Waals surface area contributed by atoms with Crippen LogP contribution in [0.4, 0.5) is 0 Å². The molecule has 1 atom stereocenters. The molecule has 2 N–H and O–H groups in total. The molecule has 136 valence electrons.